The van der Waals surface area contributed by atoms with Crippen molar-refractivity contribution >= 4 is 11.9 Å². The number of methoxy groups -OCH3 is 1. The third-order valence-corrected chi connectivity index (χ3v) is 2.85. The van der Waals surface area contributed by atoms with Gasteiger partial charge in [-0.1, -0.05) is 0 Å². The molecule has 0 aromatic carbocycles. The number of carbonyl (C=O) groups is 2. The van der Waals surface area contributed by atoms with Crippen LogP contribution < -0.4 is 0 Å². The van der Waals surface area contributed by atoms with Gasteiger partial charge in [0.2, 0.25) is 0 Å². The fraction of sp³-hybridized carbons (Fsp3) is 0.500. The van der Waals surface area contributed by atoms with Crippen LogP contribution in [-0.2, 0) is 9.53 Å². The summed E-state index contributed by atoms with van der Waals surface area (Å²) in [7, 11) is 5.22. The molecule has 20 heavy (non-hydrogen) atoms. The van der Waals surface area contributed by atoms with Gasteiger partial charge in [-0.2, -0.15) is 0 Å². The second-order valence-corrected chi connectivity index (χ2v) is 4.66. The third-order valence-electron chi connectivity index (χ3n) is 2.85. The summed E-state index contributed by atoms with van der Waals surface area (Å²) >= 11 is 0. The standard InChI is InChI=1S/C14H21N3O3/c1-16(2)10-11-17(9-6-13(18)20-3)14(19)12-4-7-15-8-5-12/h4-5,7-8H,6,9-11H2,1-3H3. The van der Waals surface area contributed by atoms with Gasteiger partial charge in [0, 0.05) is 37.6 Å². The fourth-order valence-corrected chi connectivity index (χ4v) is 1.64. The minimum absolute atomic E-state index is 0.0989. The number of carbonyl (C=O) groups excluding carboxylic acids is 2. The number of amides is 1. The fourth-order valence-electron chi connectivity index (χ4n) is 1.64. The van der Waals surface area contributed by atoms with E-state index in [1.807, 2.05) is 19.0 Å². The normalized spacial score (nSPS) is 10.4. The first-order valence-corrected chi connectivity index (χ1v) is 6.45. The molecule has 110 valence electrons. The van der Waals surface area contributed by atoms with Crippen molar-refractivity contribution in [1.29, 1.82) is 0 Å². The number of hydrogen-bond acceptors (Lipinski definition) is 5. The number of esters is 1. The lowest BCUT2D eigenvalue weighted by atomic mass is 10.2. The maximum Gasteiger partial charge on any atom is 0.307 e. The van der Waals surface area contributed by atoms with E-state index in [-0.39, 0.29) is 18.3 Å². The third kappa shape index (κ3) is 5.36. The van der Waals surface area contributed by atoms with Gasteiger partial charge < -0.3 is 14.5 Å². The van der Waals surface area contributed by atoms with Crippen LogP contribution in [0.1, 0.15) is 16.8 Å². The van der Waals surface area contributed by atoms with E-state index in [1.54, 1.807) is 29.4 Å². The van der Waals surface area contributed by atoms with E-state index in [1.165, 1.54) is 7.11 Å². The Morgan fingerprint density at radius 3 is 2.35 bits per heavy atom. The Morgan fingerprint density at radius 1 is 1.15 bits per heavy atom. The number of pyridine rings is 1. The van der Waals surface area contributed by atoms with Crippen molar-refractivity contribution < 1.29 is 14.3 Å². The van der Waals surface area contributed by atoms with Crippen LogP contribution in [0.2, 0.25) is 0 Å². The molecule has 6 heteroatoms. The summed E-state index contributed by atoms with van der Waals surface area (Å²) in [6.07, 6.45) is 3.36. The number of nitrogens with zero attached hydrogens (tertiary/aromatic N) is 3. The van der Waals surface area contributed by atoms with Crippen LogP contribution in [0.3, 0.4) is 0 Å². The molecular formula is C14H21N3O3. The van der Waals surface area contributed by atoms with Crippen LogP contribution in [0.5, 0.6) is 0 Å². The average Bonchev–Trinajstić information content (AvgIpc) is 2.47. The van der Waals surface area contributed by atoms with E-state index in [0.29, 0.717) is 18.7 Å². The van der Waals surface area contributed by atoms with Gasteiger partial charge in [0.05, 0.1) is 13.5 Å². The highest BCUT2D eigenvalue weighted by Gasteiger charge is 2.17. The molecule has 1 amide bonds. The summed E-state index contributed by atoms with van der Waals surface area (Å²) in [5.74, 6) is -0.416. The first-order valence-electron chi connectivity index (χ1n) is 6.45. The molecule has 0 unspecified atom stereocenters. The van der Waals surface area contributed by atoms with Gasteiger partial charge in [0.15, 0.2) is 0 Å². The van der Waals surface area contributed by atoms with E-state index >= 15 is 0 Å². The average molecular weight is 279 g/mol. The van der Waals surface area contributed by atoms with Crippen molar-refractivity contribution in [3.63, 3.8) is 0 Å². The molecule has 0 aliphatic carbocycles. The summed E-state index contributed by atoms with van der Waals surface area (Å²) in [5, 5.41) is 0. The zero-order valence-corrected chi connectivity index (χ0v) is 12.2. The van der Waals surface area contributed by atoms with Crippen LogP contribution in [0.4, 0.5) is 0 Å². The second kappa shape index (κ2) is 8.27. The highest BCUT2D eigenvalue weighted by atomic mass is 16.5. The van der Waals surface area contributed by atoms with E-state index < -0.39 is 0 Å². The lowest BCUT2D eigenvalue weighted by molar-refractivity contribution is -0.140. The number of aromatic nitrogens is 1. The van der Waals surface area contributed by atoms with Gasteiger partial charge in [-0.25, -0.2) is 0 Å². The van der Waals surface area contributed by atoms with Gasteiger partial charge >= 0.3 is 5.97 Å². The molecule has 0 spiro atoms. The molecule has 0 aliphatic heterocycles. The van der Waals surface area contributed by atoms with Crippen LogP contribution in [-0.4, -0.2) is 67.5 Å². The second-order valence-electron chi connectivity index (χ2n) is 4.66. The number of ether oxygens (including phenoxy) is 1. The highest BCUT2D eigenvalue weighted by molar-refractivity contribution is 5.94. The van der Waals surface area contributed by atoms with Crippen LogP contribution in [0, 0.1) is 0 Å². The highest BCUT2D eigenvalue weighted by Crippen LogP contribution is 2.05. The summed E-state index contributed by atoms with van der Waals surface area (Å²) in [4.78, 5) is 31.2. The zero-order valence-electron chi connectivity index (χ0n) is 12.2. The molecule has 0 saturated heterocycles. The van der Waals surface area contributed by atoms with Crippen molar-refractivity contribution in [3.8, 4) is 0 Å². The van der Waals surface area contributed by atoms with Crippen molar-refractivity contribution in [1.82, 2.24) is 14.8 Å². The van der Waals surface area contributed by atoms with Crippen molar-refractivity contribution in [2.45, 2.75) is 6.42 Å². The van der Waals surface area contributed by atoms with Gasteiger partial charge in [0.1, 0.15) is 0 Å². The minimum atomic E-state index is -0.317. The van der Waals surface area contributed by atoms with E-state index in [9.17, 15) is 9.59 Å². The molecule has 6 nitrogen and oxygen atoms in total. The molecule has 0 bridgehead atoms. The molecule has 0 N–H and O–H groups in total. The molecule has 1 aromatic rings. The molecule has 0 atom stereocenters. The van der Waals surface area contributed by atoms with Crippen molar-refractivity contribution in [3.05, 3.63) is 30.1 Å². The molecule has 1 rings (SSSR count). The summed E-state index contributed by atoms with van der Waals surface area (Å²) in [5.41, 5.74) is 0.573. The molecule has 0 aliphatic rings. The first-order chi connectivity index (χ1) is 9.54. The number of rotatable bonds is 7. The summed E-state index contributed by atoms with van der Waals surface area (Å²) in [6, 6.07) is 3.34. The summed E-state index contributed by atoms with van der Waals surface area (Å²) in [6.45, 7) is 1.64. The zero-order chi connectivity index (χ0) is 15.0. The maximum absolute atomic E-state index is 12.4. The SMILES string of the molecule is COC(=O)CCN(CCN(C)C)C(=O)c1ccncc1. The van der Waals surface area contributed by atoms with Gasteiger partial charge in [-0.3, -0.25) is 14.6 Å². The predicted octanol–water partition coefficient (Wildman–Crippen LogP) is 0.648. The lowest BCUT2D eigenvalue weighted by Gasteiger charge is -2.24. The van der Waals surface area contributed by atoms with Gasteiger partial charge in [-0.15, -0.1) is 0 Å². The molecule has 0 radical (unpaired) electrons. The monoisotopic (exact) mass is 279 g/mol. The topological polar surface area (TPSA) is 62.7 Å². The molecular weight excluding hydrogens is 258 g/mol. The predicted molar refractivity (Wildman–Crippen MR) is 75.3 cm³/mol. The molecule has 0 fully saturated rings. The molecule has 1 aromatic heterocycles. The van der Waals surface area contributed by atoms with E-state index in [2.05, 4.69) is 9.72 Å². The Labute approximate surface area is 119 Å². The van der Waals surface area contributed by atoms with Crippen LogP contribution >= 0.6 is 0 Å². The molecule has 1 heterocycles. The number of likely N-dealkylation sites (N-methyl/N-ethyl adjacent to an activating group) is 1. The van der Waals surface area contributed by atoms with Crippen molar-refractivity contribution in [2.24, 2.45) is 0 Å². The van der Waals surface area contributed by atoms with Gasteiger partial charge in [-0.05, 0) is 26.2 Å². The summed E-state index contributed by atoms with van der Waals surface area (Å²) < 4.78 is 4.61. The minimum Gasteiger partial charge on any atom is -0.469 e. The van der Waals surface area contributed by atoms with E-state index in [0.717, 1.165) is 6.54 Å². The Kier molecular flexibility index (Phi) is 6.66. The first kappa shape index (κ1) is 16.1. The Bertz CT molecular complexity index is 435. The van der Waals surface area contributed by atoms with Crippen LogP contribution in [0.25, 0.3) is 0 Å². The Hall–Kier alpha value is -1.95. The Morgan fingerprint density at radius 2 is 1.80 bits per heavy atom. The lowest BCUT2D eigenvalue weighted by Crippen LogP contribution is -2.38. The number of hydrogen-bond donors (Lipinski definition) is 0. The maximum atomic E-state index is 12.4. The Balaban J connectivity index is 2.70. The van der Waals surface area contributed by atoms with Crippen molar-refractivity contribution in [2.75, 3.05) is 40.8 Å². The van der Waals surface area contributed by atoms with E-state index in [4.69, 9.17) is 0 Å². The van der Waals surface area contributed by atoms with Crippen LogP contribution in [0.15, 0.2) is 24.5 Å². The smallest absolute Gasteiger partial charge is 0.307 e. The quantitative estimate of drug-likeness (QED) is 0.686. The molecule has 0 saturated carbocycles. The van der Waals surface area contributed by atoms with Gasteiger partial charge in [0.25, 0.3) is 5.91 Å². The largest absolute Gasteiger partial charge is 0.469 e.